The fourth-order valence-electron chi connectivity index (χ4n) is 3.91. The van der Waals surface area contributed by atoms with Crippen LogP contribution in [0.25, 0.3) is 16.9 Å². The predicted molar refractivity (Wildman–Crippen MR) is 118 cm³/mol. The second-order valence-electron chi connectivity index (χ2n) is 7.28. The van der Waals surface area contributed by atoms with E-state index in [4.69, 9.17) is 5.73 Å². The van der Waals surface area contributed by atoms with Crippen molar-refractivity contribution in [1.29, 1.82) is 0 Å². The van der Waals surface area contributed by atoms with Crippen molar-refractivity contribution in [2.24, 2.45) is 0 Å². The van der Waals surface area contributed by atoms with E-state index in [1.54, 1.807) is 4.40 Å². The second-order valence-corrected chi connectivity index (χ2v) is 8.22. The van der Waals surface area contributed by atoms with Crippen molar-refractivity contribution in [3.63, 3.8) is 0 Å². The molecule has 1 amide bonds. The van der Waals surface area contributed by atoms with Gasteiger partial charge in [0.15, 0.2) is 10.8 Å². The number of nitrogen functional groups attached to an aromatic ring is 1. The van der Waals surface area contributed by atoms with E-state index in [1.807, 2.05) is 59.5 Å². The summed E-state index contributed by atoms with van der Waals surface area (Å²) < 4.78 is 1.69. The number of nitrogens with two attached hydrogens (primary N) is 1. The highest BCUT2D eigenvalue weighted by atomic mass is 32.2. The molecule has 0 saturated heterocycles. The van der Waals surface area contributed by atoms with Gasteiger partial charge in [0.2, 0.25) is 11.9 Å². The third-order valence-electron chi connectivity index (χ3n) is 5.26. The summed E-state index contributed by atoms with van der Waals surface area (Å²) in [5, 5.41) is 9.04. The Bertz CT molecular complexity index is 1240. The van der Waals surface area contributed by atoms with Gasteiger partial charge in [0.05, 0.1) is 11.4 Å². The molecule has 0 bridgehead atoms. The van der Waals surface area contributed by atoms with Crippen LogP contribution in [0.2, 0.25) is 0 Å². The van der Waals surface area contributed by atoms with Gasteiger partial charge >= 0.3 is 0 Å². The van der Waals surface area contributed by atoms with Crippen molar-refractivity contribution >= 4 is 35.0 Å². The predicted octanol–water partition coefficient (Wildman–Crippen LogP) is 3.44. The Labute approximate surface area is 177 Å². The molecule has 7 nitrogen and oxygen atoms in total. The molecular weight excluding hydrogens is 396 g/mol. The van der Waals surface area contributed by atoms with Crippen LogP contribution in [0.1, 0.15) is 12.5 Å². The number of aromatic nitrogens is 4. The van der Waals surface area contributed by atoms with Gasteiger partial charge in [-0.15, -0.1) is 10.2 Å². The molecule has 2 aromatic carbocycles. The minimum absolute atomic E-state index is 0.0432. The Kier molecular flexibility index (Phi) is 4.63. The Hall–Kier alpha value is -3.39. The number of carbonyl (C=O) groups excluding carboxylic acids is 1. The molecule has 0 spiro atoms. The molecule has 5 rings (SSSR count). The van der Waals surface area contributed by atoms with Crippen molar-refractivity contribution in [3.05, 3.63) is 66.2 Å². The van der Waals surface area contributed by atoms with E-state index in [9.17, 15) is 4.79 Å². The first-order valence-electron chi connectivity index (χ1n) is 9.71. The first-order valence-corrected chi connectivity index (χ1v) is 10.7. The van der Waals surface area contributed by atoms with Gasteiger partial charge in [-0.05, 0) is 25.0 Å². The topological polar surface area (TPSA) is 89.4 Å². The monoisotopic (exact) mass is 416 g/mol. The number of amides is 1. The highest BCUT2D eigenvalue weighted by molar-refractivity contribution is 7.99. The van der Waals surface area contributed by atoms with Gasteiger partial charge in [-0.2, -0.15) is 0 Å². The molecule has 8 heteroatoms. The minimum atomic E-state index is 0.0432. The largest absolute Gasteiger partial charge is 0.369 e. The molecule has 4 aromatic rings. The van der Waals surface area contributed by atoms with Crippen molar-refractivity contribution < 1.29 is 4.79 Å². The number of rotatable bonds is 4. The van der Waals surface area contributed by atoms with Crippen molar-refractivity contribution in [3.8, 4) is 11.3 Å². The quantitative estimate of drug-likeness (QED) is 0.513. The van der Waals surface area contributed by atoms with Crippen LogP contribution in [0.4, 0.5) is 11.6 Å². The number of benzene rings is 2. The van der Waals surface area contributed by atoms with E-state index >= 15 is 0 Å². The summed E-state index contributed by atoms with van der Waals surface area (Å²) in [4.78, 5) is 19.4. The van der Waals surface area contributed by atoms with Gasteiger partial charge < -0.3 is 10.6 Å². The molecule has 0 radical (unpaired) electrons. The van der Waals surface area contributed by atoms with Crippen molar-refractivity contribution in [2.75, 3.05) is 16.4 Å². The summed E-state index contributed by atoms with van der Waals surface area (Å²) in [5.74, 6) is 0.590. The molecule has 3 heterocycles. The number of thioether (sulfide) groups is 1. The smallest absolute Gasteiger partial charge is 0.237 e. The number of fused-ring (bicyclic) bond motifs is 2. The molecular formula is C22H20N6OS. The molecule has 0 saturated carbocycles. The van der Waals surface area contributed by atoms with Crippen molar-refractivity contribution in [1.82, 2.24) is 19.6 Å². The third kappa shape index (κ3) is 3.19. The number of hydrogen-bond donors (Lipinski definition) is 1. The van der Waals surface area contributed by atoms with E-state index < -0.39 is 0 Å². The summed E-state index contributed by atoms with van der Waals surface area (Å²) in [5.41, 5.74) is 10.7. The van der Waals surface area contributed by atoms with Crippen LogP contribution in [0.3, 0.4) is 0 Å². The summed E-state index contributed by atoms with van der Waals surface area (Å²) >= 11 is 1.32. The fourth-order valence-corrected chi connectivity index (χ4v) is 4.72. The van der Waals surface area contributed by atoms with E-state index in [0.29, 0.717) is 16.8 Å². The van der Waals surface area contributed by atoms with Gasteiger partial charge in [-0.3, -0.25) is 4.79 Å². The van der Waals surface area contributed by atoms with Crippen LogP contribution < -0.4 is 10.6 Å². The number of carbonyl (C=O) groups is 1. The molecule has 1 aliphatic rings. The summed E-state index contributed by atoms with van der Waals surface area (Å²) in [7, 11) is 0. The maximum atomic E-state index is 13.0. The Morgan fingerprint density at radius 3 is 2.73 bits per heavy atom. The van der Waals surface area contributed by atoms with Gasteiger partial charge in [0, 0.05) is 23.4 Å². The first-order chi connectivity index (χ1) is 14.6. The highest BCUT2D eigenvalue weighted by Gasteiger charge is 2.30. The summed E-state index contributed by atoms with van der Waals surface area (Å²) in [6.07, 6.45) is 0.875. The highest BCUT2D eigenvalue weighted by Crippen LogP contribution is 2.33. The maximum absolute atomic E-state index is 13.0. The molecule has 1 aliphatic heterocycles. The van der Waals surface area contributed by atoms with Gasteiger partial charge in [-0.1, -0.05) is 60.3 Å². The van der Waals surface area contributed by atoms with Gasteiger partial charge in [0.25, 0.3) is 0 Å². The molecule has 0 unspecified atom stereocenters. The van der Waals surface area contributed by atoms with Crippen LogP contribution in [0.5, 0.6) is 0 Å². The standard InChI is InChI=1S/C22H20N6OS/c1-14-11-16-9-5-6-10-18(16)27(14)20(29)13-30-22-26-25-19-12-17(24-21(23)28(19)22)15-7-3-2-4-8-15/h2-10,12,14H,11,13H2,1H3,(H2,23,24)/t14-/m0/s1. The lowest BCUT2D eigenvalue weighted by Crippen LogP contribution is -2.37. The minimum Gasteiger partial charge on any atom is -0.369 e. The van der Waals surface area contributed by atoms with Crippen molar-refractivity contribution in [2.45, 2.75) is 24.5 Å². The zero-order valence-corrected chi connectivity index (χ0v) is 17.2. The molecule has 0 fully saturated rings. The van der Waals surface area contributed by atoms with Crippen LogP contribution in [-0.2, 0) is 11.2 Å². The first kappa shape index (κ1) is 18.6. The molecule has 30 heavy (non-hydrogen) atoms. The molecule has 0 aliphatic carbocycles. The van der Waals surface area contributed by atoms with E-state index in [1.165, 1.54) is 17.3 Å². The lowest BCUT2D eigenvalue weighted by atomic mass is 10.1. The Morgan fingerprint density at radius 2 is 1.90 bits per heavy atom. The van der Waals surface area contributed by atoms with Crippen LogP contribution in [0, 0.1) is 0 Å². The summed E-state index contributed by atoms with van der Waals surface area (Å²) in [6, 6.07) is 19.8. The normalized spacial score (nSPS) is 15.5. The number of para-hydroxylation sites is 1. The lowest BCUT2D eigenvalue weighted by Gasteiger charge is -2.22. The lowest BCUT2D eigenvalue weighted by molar-refractivity contribution is -0.116. The molecule has 150 valence electrons. The second kappa shape index (κ2) is 7.46. The van der Waals surface area contributed by atoms with Crippen LogP contribution >= 0.6 is 11.8 Å². The number of hydrogen-bond acceptors (Lipinski definition) is 6. The van der Waals surface area contributed by atoms with E-state index in [2.05, 4.69) is 28.2 Å². The van der Waals surface area contributed by atoms with E-state index in [-0.39, 0.29) is 17.7 Å². The zero-order chi connectivity index (χ0) is 20.7. The Balaban J connectivity index is 1.38. The summed E-state index contributed by atoms with van der Waals surface area (Å²) in [6.45, 7) is 2.07. The molecule has 1 atom stereocenters. The molecule has 2 N–H and O–H groups in total. The average Bonchev–Trinajstić information content (AvgIpc) is 3.33. The van der Waals surface area contributed by atoms with Crippen LogP contribution in [0.15, 0.2) is 65.8 Å². The third-order valence-corrected chi connectivity index (χ3v) is 6.17. The number of anilines is 2. The zero-order valence-electron chi connectivity index (χ0n) is 16.4. The maximum Gasteiger partial charge on any atom is 0.237 e. The average molecular weight is 417 g/mol. The van der Waals surface area contributed by atoms with Crippen LogP contribution in [-0.4, -0.2) is 37.3 Å². The number of nitrogens with zero attached hydrogens (tertiary/aromatic N) is 5. The SMILES string of the molecule is C[C@H]1Cc2ccccc2N1C(=O)CSc1nnc2cc(-c3ccccc3)nc(N)n12. The van der Waals surface area contributed by atoms with E-state index in [0.717, 1.165) is 23.4 Å². The van der Waals surface area contributed by atoms with Gasteiger partial charge in [-0.25, -0.2) is 9.38 Å². The Morgan fingerprint density at radius 1 is 1.13 bits per heavy atom. The molecule has 2 aromatic heterocycles. The van der Waals surface area contributed by atoms with Gasteiger partial charge in [0.1, 0.15) is 0 Å². The fraction of sp³-hybridized carbons (Fsp3) is 0.182.